The Balaban J connectivity index is 1.85. The zero-order valence-electron chi connectivity index (χ0n) is 19.5. The molecule has 2 heterocycles. The third-order valence-corrected chi connectivity index (χ3v) is 6.09. The normalized spacial score (nSPS) is 15.4. The minimum absolute atomic E-state index is 0.0553. The van der Waals surface area contributed by atoms with Crippen LogP contribution in [-0.4, -0.2) is 29.1 Å². The van der Waals surface area contributed by atoms with Crippen molar-refractivity contribution < 1.29 is 4.39 Å². The molecule has 0 amide bonds. The Morgan fingerprint density at radius 2 is 1.94 bits per heavy atom. The molecule has 6 heteroatoms. The van der Waals surface area contributed by atoms with Crippen LogP contribution in [0.4, 0.5) is 21.8 Å². The summed E-state index contributed by atoms with van der Waals surface area (Å²) in [6.07, 6.45) is 3.18. The van der Waals surface area contributed by atoms with Gasteiger partial charge in [0, 0.05) is 29.2 Å². The number of halogens is 1. The quantitative estimate of drug-likeness (QED) is 0.458. The second-order valence-electron chi connectivity index (χ2n) is 9.66. The first kappa shape index (κ1) is 22.2. The maximum Gasteiger partial charge on any atom is 0.229 e. The molecule has 1 aliphatic heterocycles. The largest absolute Gasteiger partial charge is 0.366 e. The summed E-state index contributed by atoms with van der Waals surface area (Å²) < 4.78 is 14.0. The molecule has 0 fully saturated rings. The van der Waals surface area contributed by atoms with Crippen molar-refractivity contribution in [1.29, 1.82) is 0 Å². The van der Waals surface area contributed by atoms with E-state index in [-0.39, 0.29) is 17.3 Å². The summed E-state index contributed by atoms with van der Waals surface area (Å²) in [5.74, 6) is 0.950. The summed E-state index contributed by atoms with van der Waals surface area (Å²) in [6.45, 7) is 12.4. The molecule has 3 N–H and O–H groups in total. The number of hydrogen-bond donors (Lipinski definition) is 3. The summed E-state index contributed by atoms with van der Waals surface area (Å²) in [7, 11) is 0. The number of aromatic nitrogens is 2. The van der Waals surface area contributed by atoms with Crippen molar-refractivity contribution in [2.75, 3.05) is 23.7 Å². The van der Waals surface area contributed by atoms with Gasteiger partial charge < -0.3 is 16.0 Å². The van der Waals surface area contributed by atoms with E-state index >= 15 is 0 Å². The minimum Gasteiger partial charge on any atom is -0.366 e. The Bertz CT molecular complexity index is 1140. The number of benzene rings is 2. The van der Waals surface area contributed by atoms with Crippen molar-refractivity contribution in [3.8, 4) is 0 Å². The van der Waals surface area contributed by atoms with Crippen molar-refractivity contribution in [2.24, 2.45) is 5.41 Å². The molecular formula is C26H32FN5. The van der Waals surface area contributed by atoms with E-state index in [1.165, 1.54) is 17.7 Å². The zero-order chi connectivity index (χ0) is 22.9. The molecule has 3 aromatic rings. The fourth-order valence-electron chi connectivity index (χ4n) is 3.80. The van der Waals surface area contributed by atoms with Crippen LogP contribution in [0.2, 0.25) is 0 Å². The SMILES string of the molecule is Cc1cc(F)cc(Nc2nc(N[C@H](C)C(C)(C)C)c3cccc(C4=CCNCC4)c3n2)c1. The predicted molar refractivity (Wildman–Crippen MR) is 132 cm³/mol. The van der Waals surface area contributed by atoms with Crippen LogP contribution >= 0.6 is 0 Å². The number of rotatable bonds is 5. The van der Waals surface area contributed by atoms with Crippen LogP contribution in [0.3, 0.4) is 0 Å². The third kappa shape index (κ3) is 4.91. The second kappa shape index (κ2) is 8.87. The van der Waals surface area contributed by atoms with Gasteiger partial charge in [0.15, 0.2) is 0 Å². The monoisotopic (exact) mass is 433 g/mol. The van der Waals surface area contributed by atoms with Crippen molar-refractivity contribution >= 4 is 33.9 Å². The average molecular weight is 434 g/mol. The van der Waals surface area contributed by atoms with Crippen molar-refractivity contribution in [1.82, 2.24) is 15.3 Å². The average Bonchev–Trinajstić information content (AvgIpc) is 2.72. The van der Waals surface area contributed by atoms with E-state index < -0.39 is 0 Å². The first-order valence-electron chi connectivity index (χ1n) is 11.2. The lowest BCUT2D eigenvalue weighted by atomic mass is 9.88. The molecule has 0 saturated heterocycles. The van der Waals surface area contributed by atoms with Crippen LogP contribution < -0.4 is 16.0 Å². The molecule has 1 aliphatic rings. The molecule has 0 aliphatic carbocycles. The molecule has 0 radical (unpaired) electrons. The van der Waals surface area contributed by atoms with E-state index in [1.54, 1.807) is 0 Å². The van der Waals surface area contributed by atoms with Gasteiger partial charge in [0.25, 0.3) is 0 Å². The van der Waals surface area contributed by atoms with E-state index in [2.05, 4.69) is 67.9 Å². The Morgan fingerprint density at radius 3 is 2.62 bits per heavy atom. The van der Waals surface area contributed by atoms with Crippen LogP contribution in [0.1, 0.15) is 45.2 Å². The number of hydrogen-bond acceptors (Lipinski definition) is 5. The summed E-state index contributed by atoms with van der Waals surface area (Å²) in [5.41, 5.74) is 4.84. The molecule has 0 saturated carbocycles. The van der Waals surface area contributed by atoms with Gasteiger partial charge in [-0.1, -0.05) is 39.0 Å². The van der Waals surface area contributed by atoms with Gasteiger partial charge in [0.1, 0.15) is 11.6 Å². The molecule has 0 unspecified atom stereocenters. The van der Waals surface area contributed by atoms with Crippen molar-refractivity contribution in [3.63, 3.8) is 0 Å². The predicted octanol–water partition coefficient (Wildman–Crippen LogP) is 6.04. The second-order valence-corrected chi connectivity index (χ2v) is 9.66. The molecule has 32 heavy (non-hydrogen) atoms. The minimum atomic E-state index is -0.284. The van der Waals surface area contributed by atoms with E-state index in [0.717, 1.165) is 47.4 Å². The molecule has 1 atom stereocenters. The first-order chi connectivity index (χ1) is 15.2. The van der Waals surface area contributed by atoms with Crippen molar-refractivity contribution in [3.05, 3.63) is 59.4 Å². The maximum atomic E-state index is 14.0. The van der Waals surface area contributed by atoms with Crippen LogP contribution in [0.15, 0.2) is 42.5 Å². The van der Waals surface area contributed by atoms with Gasteiger partial charge in [0.05, 0.1) is 5.52 Å². The number of nitrogens with one attached hydrogen (secondary N) is 3. The standard InChI is InChI=1S/C26H32FN5/c1-16-13-19(27)15-20(14-16)30-25-31-23-21(18-9-11-28-12-10-18)7-6-8-22(23)24(32-25)29-17(2)26(3,4)5/h6-9,13-15,17,28H,10-12H2,1-5H3,(H2,29,30,31,32)/t17-/m1/s1. The van der Waals surface area contributed by atoms with E-state index in [9.17, 15) is 4.39 Å². The highest BCUT2D eigenvalue weighted by Crippen LogP contribution is 2.33. The number of fused-ring (bicyclic) bond motifs is 1. The topological polar surface area (TPSA) is 61.9 Å². The van der Waals surface area contributed by atoms with Gasteiger partial charge >= 0.3 is 0 Å². The lowest BCUT2D eigenvalue weighted by Gasteiger charge is -2.29. The molecule has 168 valence electrons. The molecule has 4 rings (SSSR count). The molecule has 0 bridgehead atoms. The smallest absolute Gasteiger partial charge is 0.229 e. The summed E-state index contributed by atoms with van der Waals surface area (Å²) in [4.78, 5) is 9.70. The Kier molecular flexibility index (Phi) is 6.15. The lowest BCUT2D eigenvalue weighted by molar-refractivity contribution is 0.359. The van der Waals surface area contributed by atoms with Crippen molar-refractivity contribution in [2.45, 2.75) is 47.1 Å². The molecule has 5 nitrogen and oxygen atoms in total. The fourth-order valence-corrected chi connectivity index (χ4v) is 3.80. The van der Waals surface area contributed by atoms with Gasteiger partial charge in [-0.3, -0.25) is 0 Å². The Morgan fingerprint density at radius 1 is 1.12 bits per heavy atom. The van der Waals surface area contributed by atoms with Crippen LogP contribution in [0.5, 0.6) is 0 Å². The Labute approximate surface area is 189 Å². The molecule has 0 spiro atoms. The van der Waals surface area contributed by atoms with Gasteiger partial charge in [-0.15, -0.1) is 0 Å². The highest BCUT2D eigenvalue weighted by Gasteiger charge is 2.22. The summed E-state index contributed by atoms with van der Waals surface area (Å²) >= 11 is 0. The van der Waals surface area contributed by atoms with Gasteiger partial charge in [0.2, 0.25) is 5.95 Å². The molecular weight excluding hydrogens is 401 g/mol. The zero-order valence-corrected chi connectivity index (χ0v) is 19.5. The first-order valence-corrected chi connectivity index (χ1v) is 11.2. The highest BCUT2D eigenvalue weighted by molar-refractivity contribution is 5.98. The lowest BCUT2D eigenvalue weighted by Crippen LogP contribution is -2.31. The maximum absolute atomic E-state index is 14.0. The Hall–Kier alpha value is -2.99. The molecule has 1 aromatic heterocycles. The number of anilines is 3. The highest BCUT2D eigenvalue weighted by atomic mass is 19.1. The number of nitrogens with zero attached hydrogens (tertiary/aromatic N) is 2. The third-order valence-electron chi connectivity index (χ3n) is 6.09. The van der Waals surface area contributed by atoms with Crippen LogP contribution in [0.25, 0.3) is 16.5 Å². The van der Waals surface area contributed by atoms with Crippen LogP contribution in [-0.2, 0) is 0 Å². The van der Waals surface area contributed by atoms with E-state index in [0.29, 0.717) is 11.6 Å². The van der Waals surface area contributed by atoms with E-state index in [4.69, 9.17) is 9.97 Å². The summed E-state index contributed by atoms with van der Waals surface area (Å²) in [6, 6.07) is 11.3. The number of aryl methyl sites for hydroxylation is 1. The van der Waals surface area contributed by atoms with Gasteiger partial charge in [-0.05, 0) is 67.6 Å². The van der Waals surface area contributed by atoms with E-state index in [1.807, 2.05) is 13.0 Å². The van der Waals surface area contributed by atoms with Gasteiger partial charge in [-0.25, -0.2) is 9.37 Å². The molecule has 2 aromatic carbocycles. The number of para-hydroxylation sites is 1. The summed E-state index contributed by atoms with van der Waals surface area (Å²) in [5, 5.41) is 11.2. The van der Waals surface area contributed by atoms with Crippen LogP contribution in [0, 0.1) is 18.2 Å². The fraction of sp³-hybridized carbons (Fsp3) is 0.385. The van der Waals surface area contributed by atoms with Gasteiger partial charge in [-0.2, -0.15) is 4.98 Å².